The molecular formula is C18H23FN4. The van der Waals surface area contributed by atoms with Crippen molar-refractivity contribution in [2.45, 2.75) is 20.3 Å². The number of rotatable bonds is 6. The second-order valence-electron chi connectivity index (χ2n) is 5.56. The van der Waals surface area contributed by atoms with Crippen LogP contribution in [0, 0.1) is 19.7 Å². The number of nitrogens with one attached hydrogen (secondary N) is 2. The molecule has 0 radical (unpaired) electrons. The van der Waals surface area contributed by atoms with E-state index in [0.717, 1.165) is 17.8 Å². The molecule has 0 fully saturated rings. The average molecular weight is 314 g/mol. The molecule has 4 N–H and O–H groups in total. The molecule has 0 bridgehead atoms. The third-order valence-corrected chi connectivity index (χ3v) is 3.26. The number of anilines is 2. The Morgan fingerprint density at radius 1 is 1.09 bits per heavy atom. The van der Waals surface area contributed by atoms with E-state index in [-0.39, 0.29) is 5.82 Å². The zero-order valence-electron chi connectivity index (χ0n) is 13.6. The zero-order chi connectivity index (χ0) is 16.7. The first-order chi connectivity index (χ1) is 11.0. The Labute approximate surface area is 136 Å². The second kappa shape index (κ2) is 8.17. The van der Waals surface area contributed by atoms with Gasteiger partial charge < -0.3 is 16.4 Å². The summed E-state index contributed by atoms with van der Waals surface area (Å²) in [6, 6.07) is 12.6. The van der Waals surface area contributed by atoms with Crippen molar-refractivity contribution < 1.29 is 4.39 Å². The summed E-state index contributed by atoms with van der Waals surface area (Å²) in [7, 11) is 0. The van der Waals surface area contributed by atoms with Gasteiger partial charge in [0.15, 0.2) is 5.96 Å². The molecule has 0 saturated heterocycles. The molecule has 0 aromatic heterocycles. The minimum Gasteiger partial charge on any atom is -0.385 e. The SMILES string of the molecule is Cc1cc(C)cc(NC(N)=NCCCNc2cccc(F)c2)c1. The van der Waals surface area contributed by atoms with Crippen LogP contribution in [-0.2, 0) is 0 Å². The van der Waals surface area contributed by atoms with Crippen LogP contribution in [0.3, 0.4) is 0 Å². The molecule has 0 aliphatic heterocycles. The fourth-order valence-corrected chi connectivity index (χ4v) is 2.34. The maximum atomic E-state index is 13.0. The molecule has 23 heavy (non-hydrogen) atoms. The van der Waals surface area contributed by atoms with E-state index in [9.17, 15) is 4.39 Å². The molecule has 0 spiro atoms. The van der Waals surface area contributed by atoms with Gasteiger partial charge in [0.2, 0.25) is 0 Å². The van der Waals surface area contributed by atoms with Gasteiger partial charge in [-0.2, -0.15) is 0 Å². The number of aryl methyl sites for hydroxylation is 2. The van der Waals surface area contributed by atoms with Gasteiger partial charge in [-0.1, -0.05) is 12.1 Å². The molecule has 0 unspecified atom stereocenters. The highest BCUT2D eigenvalue weighted by atomic mass is 19.1. The molecule has 2 rings (SSSR count). The molecule has 122 valence electrons. The van der Waals surface area contributed by atoms with Crippen LogP contribution in [0.25, 0.3) is 0 Å². The van der Waals surface area contributed by atoms with Crippen LogP contribution in [0.2, 0.25) is 0 Å². The molecule has 0 atom stereocenters. The Morgan fingerprint density at radius 2 is 1.83 bits per heavy atom. The average Bonchev–Trinajstić information content (AvgIpc) is 2.45. The maximum absolute atomic E-state index is 13.0. The van der Waals surface area contributed by atoms with Crippen molar-refractivity contribution in [3.63, 3.8) is 0 Å². The van der Waals surface area contributed by atoms with Crippen molar-refractivity contribution in [3.8, 4) is 0 Å². The second-order valence-corrected chi connectivity index (χ2v) is 5.56. The number of guanidine groups is 1. The summed E-state index contributed by atoms with van der Waals surface area (Å²) in [6.45, 7) is 5.41. The van der Waals surface area contributed by atoms with Crippen LogP contribution in [0.1, 0.15) is 17.5 Å². The van der Waals surface area contributed by atoms with Crippen molar-refractivity contribution in [1.82, 2.24) is 0 Å². The summed E-state index contributed by atoms with van der Waals surface area (Å²) in [6.07, 6.45) is 0.811. The summed E-state index contributed by atoms with van der Waals surface area (Å²) in [4.78, 5) is 4.30. The lowest BCUT2D eigenvalue weighted by molar-refractivity contribution is 0.628. The fourth-order valence-electron chi connectivity index (χ4n) is 2.34. The highest BCUT2D eigenvalue weighted by Gasteiger charge is 1.98. The Kier molecular flexibility index (Phi) is 5.97. The number of benzene rings is 2. The highest BCUT2D eigenvalue weighted by molar-refractivity contribution is 5.92. The van der Waals surface area contributed by atoms with Crippen LogP contribution in [0.5, 0.6) is 0 Å². The number of aliphatic imine (C=N–C) groups is 1. The van der Waals surface area contributed by atoms with Gasteiger partial charge in [-0.3, -0.25) is 4.99 Å². The minimum absolute atomic E-state index is 0.241. The predicted molar refractivity (Wildman–Crippen MR) is 95.5 cm³/mol. The van der Waals surface area contributed by atoms with Gasteiger partial charge in [0.05, 0.1) is 0 Å². The van der Waals surface area contributed by atoms with Crippen LogP contribution >= 0.6 is 0 Å². The van der Waals surface area contributed by atoms with E-state index < -0.39 is 0 Å². The molecule has 0 amide bonds. The number of nitrogens with zero attached hydrogens (tertiary/aromatic N) is 1. The summed E-state index contributed by atoms with van der Waals surface area (Å²) in [5.74, 6) is 0.163. The topological polar surface area (TPSA) is 62.4 Å². The Balaban J connectivity index is 1.74. The molecule has 4 nitrogen and oxygen atoms in total. The first-order valence-electron chi connectivity index (χ1n) is 7.67. The standard InChI is InChI=1S/C18H23FN4/c1-13-9-14(2)11-17(10-13)23-18(20)22-8-4-7-21-16-6-3-5-15(19)12-16/h3,5-6,9-12,21H,4,7-8H2,1-2H3,(H3,20,22,23). The molecule has 0 heterocycles. The van der Waals surface area contributed by atoms with Gasteiger partial charge in [-0.25, -0.2) is 4.39 Å². The van der Waals surface area contributed by atoms with Crippen molar-refractivity contribution >= 4 is 17.3 Å². The smallest absolute Gasteiger partial charge is 0.193 e. The molecule has 5 heteroatoms. The van der Waals surface area contributed by atoms with E-state index in [2.05, 4.69) is 21.7 Å². The van der Waals surface area contributed by atoms with Gasteiger partial charge >= 0.3 is 0 Å². The van der Waals surface area contributed by atoms with Crippen LogP contribution in [-0.4, -0.2) is 19.0 Å². The first-order valence-corrected chi connectivity index (χ1v) is 7.67. The Hall–Kier alpha value is -2.56. The van der Waals surface area contributed by atoms with E-state index in [4.69, 9.17) is 5.73 Å². The third kappa shape index (κ3) is 5.98. The minimum atomic E-state index is -0.241. The quantitative estimate of drug-likeness (QED) is 0.433. The van der Waals surface area contributed by atoms with Crippen LogP contribution < -0.4 is 16.4 Å². The number of hydrogen-bond donors (Lipinski definition) is 3. The summed E-state index contributed by atoms with van der Waals surface area (Å²) < 4.78 is 13.0. The van der Waals surface area contributed by atoms with E-state index >= 15 is 0 Å². The molecule has 2 aromatic rings. The molecule has 2 aromatic carbocycles. The maximum Gasteiger partial charge on any atom is 0.193 e. The van der Waals surface area contributed by atoms with Gasteiger partial charge in [0.25, 0.3) is 0 Å². The summed E-state index contributed by atoms with van der Waals surface area (Å²) in [5, 5.41) is 6.25. The fraction of sp³-hybridized carbons (Fsp3) is 0.278. The van der Waals surface area contributed by atoms with Crippen LogP contribution in [0.15, 0.2) is 47.5 Å². The number of nitrogens with two attached hydrogens (primary N) is 1. The van der Waals surface area contributed by atoms with Gasteiger partial charge in [-0.15, -0.1) is 0 Å². The monoisotopic (exact) mass is 314 g/mol. The highest BCUT2D eigenvalue weighted by Crippen LogP contribution is 2.13. The van der Waals surface area contributed by atoms with E-state index in [1.807, 2.05) is 32.0 Å². The summed E-state index contributed by atoms with van der Waals surface area (Å²) in [5.41, 5.74) is 9.97. The lowest BCUT2D eigenvalue weighted by Gasteiger charge is -2.08. The van der Waals surface area contributed by atoms with Crippen molar-refractivity contribution in [2.75, 3.05) is 23.7 Å². The van der Waals surface area contributed by atoms with E-state index in [1.54, 1.807) is 6.07 Å². The van der Waals surface area contributed by atoms with E-state index in [0.29, 0.717) is 19.0 Å². The molecule has 0 saturated carbocycles. The predicted octanol–water partition coefficient (Wildman–Crippen LogP) is 3.67. The lowest BCUT2D eigenvalue weighted by atomic mass is 10.1. The van der Waals surface area contributed by atoms with Crippen LogP contribution in [0.4, 0.5) is 15.8 Å². The largest absolute Gasteiger partial charge is 0.385 e. The third-order valence-electron chi connectivity index (χ3n) is 3.26. The summed E-state index contributed by atoms with van der Waals surface area (Å²) >= 11 is 0. The van der Waals surface area contributed by atoms with Crippen molar-refractivity contribution in [3.05, 3.63) is 59.4 Å². The number of halogens is 1. The zero-order valence-corrected chi connectivity index (χ0v) is 13.6. The first kappa shape index (κ1) is 16.8. The van der Waals surface area contributed by atoms with Gasteiger partial charge in [-0.05, 0) is 61.7 Å². The molecule has 0 aliphatic rings. The van der Waals surface area contributed by atoms with Gasteiger partial charge in [0, 0.05) is 24.5 Å². The molecule has 0 aliphatic carbocycles. The Morgan fingerprint density at radius 3 is 2.52 bits per heavy atom. The Bertz CT molecular complexity index is 662. The lowest BCUT2D eigenvalue weighted by Crippen LogP contribution is -2.23. The van der Waals surface area contributed by atoms with Crippen molar-refractivity contribution in [2.24, 2.45) is 10.7 Å². The van der Waals surface area contributed by atoms with Crippen molar-refractivity contribution in [1.29, 1.82) is 0 Å². The molecular weight excluding hydrogens is 291 g/mol. The number of hydrogen-bond acceptors (Lipinski definition) is 2. The van der Waals surface area contributed by atoms with E-state index in [1.165, 1.54) is 23.3 Å². The normalized spacial score (nSPS) is 11.3. The van der Waals surface area contributed by atoms with Gasteiger partial charge in [0.1, 0.15) is 5.82 Å².